The summed E-state index contributed by atoms with van der Waals surface area (Å²) in [5, 5.41) is 22.0. The Labute approximate surface area is 219 Å². The smallest absolute Gasteiger partial charge is 0.294 e. The number of aromatic hydroxyl groups is 1. The summed E-state index contributed by atoms with van der Waals surface area (Å²) < 4.78 is 32.9. The van der Waals surface area contributed by atoms with Crippen LogP contribution in [0.3, 0.4) is 0 Å². The summed E-state index contributed by atoms with van der Waals surface area (Å²) in [6.07, 6.45) is 0. The zero-order chi connectivity index (χ0) is 27.1. The van der Waals surface area contributed by atoms with E-state index < -0.39 is 35.1 Å². The number of methoxy groups -OCH3 is 1. The summed E-state index contributed by atoms with van der Waals surface area (Å²) in [6, 6.07) is 15.0. The molecule has 2 N–H and O–H groups in total. The van der Waals surface area contributed by atoms with Gasteiger partial charge in [0.1, 0.15) is 5.01 Å². The summed E-state index contributed by atoms with van der Waals surface area (Å²) in [5.41, 5.74) is 1.05. The van der Waals surface area contributed by atoms with Crippen molar-refractivity contribution in [3.05, 3.63) is 106 Å². The molecular formula is C28H20F2N2O5S. The third kappa shape index (κ3) is 4.18. The van der Waals surface area contributed by atoms with E-state index >= 15 is 0 Å². The number of halogens is 2. The number of anilines is 1. The molecule has 0 aliphatic carbocycles. The minimum absolute atomic E-state index is 0.0884. The Hall–Kier alpha value is -4.57. The fourth-order valence-corrected chi connectivity index (χ4v) is 5.39. The zero-order valence-electron chi connectivity index (χ0n) is 20.1. The quantitative estimate of drug-likeness (QED) is 0.299. The molecule has 1 aliphatic heterocycles. The number of phenolic OH excluding ortho intramolecular Hbond substituents is 1. The number of aryl methyl sites for hydroxylation is 1. The average molecular weight is 535 g/mol. The van der Waals surface area contributed by atoms with Crippen LogP contribution < -0.4 is 9.64 Å². The number of nitrogens with zero attached hydrogens (tertiary/aromatic N) is 2. The van der Waals surface area contributed by atoms with Gasteiger partial charge in [-0.25, -0.2) is 13.8 Å². The Kier molecular flexibility index (Phi) is 6.41. The monoisotopic (exact) mass is 534 g/mol. The maximum absolute atomic E-state index is 14.2. The number of aliphatic hydroxyl groups excluding tert-OH is 1. The molecule has 3 aromatic carbocycles. The number of ether oxygens (including phenoxy) is 1. The number of aromatic nitrogens is 1. The molecule has 0 bridgehead atoms. The van der Waals surface area contributed by atoms with Gasteiger partial charge < -0.3 is 14.9 Å². The fraction of sp³-hybridized carbons (Fsp3) is 0.107. The van der Waals surface area contributed by atoms with Crippen molar-refractivity contribution < 1.29 is 33.3 Å². The van der Waals surface area contributed by atoms with Gasteiger partial charge in [-0.15, -0.1) is 11.3 Å². The predicted octanol–water partition coefficient (Wildman–Crippen LogP) is 5.89. The lowest BCUT2D eigenvalue weighted by Gasteiger charge is -2.27. The third-order valence-electron chi connectivity index (χ3n) is 6.18. The second-order valence-electron chi connectivity index (χ2n) is 8.50. The van der Waals surface area contributed by atoms with Gasteiger partial charge >= 0.3 is 0 Å². The van der Waals surface area contributed by atoms with Crippen LogP contribution in [0, 0.1) is 18.6 Å². The van der Waals surface area contributed by atoms with Gasteiger partial charge in [0.25, 0.3) is 5.91 Å². The second kappa shape index (κ2) is 9.71. The first-order valence-corrected chi connectivity index (χ1v) is 12.2. The van der Waals surface area contributed by atoms with Crippen molar-refractivity contribution in [2.24, 2.45) is 0 Å². The zero-order valence-corrected chi connectivity index (χ0v) is 20.9. The molecule has 0 radical (unpaired) electrons. The van der Waals surface area contributed by atoms with E-state index in [9.17, 15) is 28.6 Å². The largest absolute Gasteiger partial charge is 0.504 e. The van der Waals surface area contributed by atoms with E-state index in [2.05, 4.69) is 4.98 Å². The standard InChI is InChI=1S/C28H20F2N2O5S/c1-14-26(38-27(31-14)15-6-4-3-5-7-15)24(34)22-23(16-8-11-21(37-2)20(33)12-16)32(28(36)25(22)35)17-9-10-18(29)19(30)13-17/h3-13,23,33,35H,1-2H3. The number of amides is 1. The average Bonchev–Trinajstić information content (AvgIpc) is 3.43. The highest BCUT2D eigenvalue weighted by Gasteiger charge is 2.45. The van der Waals surface area contributed by atoms with Crippen LogP contribution in [0.2, 0.25) is 0 Å². The maximum atomic E-state index is 14.2. The summed E-state index contributed by atoms with van der Waals surface area (Å²) >= 11 is 1.10. The van der Waals surface area contributed by atoms with E-state index in [-0.39, 0.29) is 33.2 Å². The Morgan fingerprint density at radius 3 is 2.42 bits per heavy atom. The van der Waals surface area contributed by atoms with Crippen LogP contribution in [-0.2, 0) is 4.79 Å². The molecule has 10 heteroatoms. The van der Waals surface area contributed by atoms with Crippen LogP contribution in [0.5, 0.6) is 11.5 Å². The van der Waals surface area contributed by atoms with Crippen molar-refractivity contribution in [3.63, 3.8) is 0 Å². The van der Waals surface area contributed by atoms with Crippen molar-refractivity contribution in [1.82, 2.24) is 4.98 Å². The van der Waals surface area contributed by atoms with Crippen molar-refractivity contribution in [2.75, 3.05) is 12.0 Å². The van der Waals surface area contributed by atoms with Gasteiger partial charge in [0, 0.05) is 17.3 Å². The number of benzene rings is 3. The molecule has 4 aromatic rings. The van der Waals surface area contributed by atoms with Crippen LogP contribution in [-0.4, -0.2) is 34.0 Å². The highest BCUT2D eigenvalue weighted by molar-refractivity contribution is 7.17. The van der Waals surface area contributed by atoms with Crippen molar-refractivity contribution >= 4 is 28.7 Å². The van der Waals surface area contributed by atoms with Gasteiger partial charge in [-0.05, 0) is 36.8 Å². The first-order valence-electron chi connectivity index (χ1n) is 11.4. The summed E-state index contributed by atoms with van der Waals surface area (Å²) in [7, 11) is 1.36. The number of ketones is 1. The molecule has 0 spiro atoms. The molecule has 2 heterocycles. The van der Waals surface area contributed by atoms with Gasteiger partial charge in [0.2, 0.25) is 5.78 Å². The number of hydrogen-bond donors (Lipinski definition) is 2. The molecular weight excluding hydrogens is 514 g/mol. The minimum Gasteiger partial charge on any atom is -0.504 e. The van der Waals surface area contributed by atoms with Gasteiger partial charge in [-0.1, -0.05) is 36.4 Å². The number of thiazole rings is 1. The SMILES string of the molecule is COc1ccc(C2C(C(=O)c3sc(-c4ccccc4)nc3C)=C(O)C(=O)N2c2ccc(F)c(F)c2)cc1O. The fourth-order valence-electron chi connectivity index (χ4n) is 4.36. The Bertz CT molecular complexity index is 1620. The number of aliphatic hydroxyl groups is 1. The summed E-state index contributed by atoms with van der Waals surface area (Å²) in [5.74, 6) is -4.94. The van der Waals surface area contributed by atoms with Crippen LogP contribution in [0.4, 0.5) is 14.5 Å². The Morgan fingerprint density at radius 1 is 1.03 bits per heavy atom. The molecule has 1 unspecified atom stereocenters. The number of carbonyl (C=O) groups excluding carboxylic acids is 2. The highest BCUT2D eigenvalue weighted by Crippen LogP contribution is 2.45. The second-order valence-corrected chi connectivity index (χ2v) is 9.50. The summed E-state index contributed by atoms with van der Waals surface area (Å²) in [4.78, 5) is 32.9. The van der Waals surface area contributed by atoms with Crippen molar-refractivity contribution in [2.45, 2.75) is 13.0 Å². The topological polar surface area (TPSA) is 100.0 Å². The van der Waals surface area contributed by atoms with Crippen LogP contribution in [0.15, 0.2) is 78.1 Å². The van der Waals surface area contributed by atoms with Crippen molar-refractivity contribution in [1.29, 1.82) is 0 Å². The lowest BCUT2D eigenvalue weighted by Crippen LogP contribution is -2.31. The third-order valence-corrected chi connectivity index (χ3v) is 7.38. The number of phenols is 1. The van der Waals surface area contributed by atoms with Crippen molar-refractivity contribution in [3.8, 4) is 22.1 Å². The molecule has 5 rings (SSSR count). The van der Waals surface area contributed by atoms with Gasteiger partial charge in [0.05, 0.1) is 29.3 Å². The number of carbonyl (C=O) groups is 2. The molecule has 0 fully saturated rings. The number of rotatable bonds is 6. The van der Waals surface area contributed by atoms with E-state index in [4.69, 9.17) is 4.74 Å². The lowest BCUT2D eigenvalue weighted by molar-refractivity contribution is -0.117. The van der Waals surface area contributed by atoms with E-state index in [1.54, 1.807) is 6.92 Å². The first kappa shape index (κ1) is 25.1. The number of hydrogen-bond acceptors (Lipinski definition) is 7. The molecule has 7 nitrogen and oxygen atoms in total. The minimum atomic E-state index is -1.27. The van der Waals surface area contributed by atoms with Gasteiger partial charge in [-0.2, -0.15) is 0 Å². The van der Waals surface area contributed by atoms with E-state index in [0.29, 0.717) is 10.7 Å². The van der Waals surface area contributed by atoms with Gasteiger partial charge in [-0.3, -0.25) is 14.5 Å². The molecule has 0 saturated carbocycles. The lowest BCUT2D eigenvalue weighted by atomic mass is 9.94. The molecule has 1 aromatic heterocycles. The molecule has 1 aliphatic rings. The van der Waals surface area contributed by atoms with Gasteiger partial charge in [0.15, 0.2) is 28.9 Å². The van der Waals surface area contributed by atoms with E-state index in [1.165, 1.54) is 31.4 Å². The molecule has 0 saturated heterocycles. The maximum Gasteiger partial charge on any atom is 0.294 e. The van der Waals surface area contributed by atoms with Crippen LogP contribution >= 0.6 is 11.3 Å². The normalized spacial score (nSPS) is 15.3. The van der Waals surface area contributed by atoms with Crippen LogP contribution in [0.1, 0.15) is 27.0 Å². The highest BCUT2D eigenvalue weighted by atomic mass is 32.1. The number of Topliss-reactive ketones (excluding diaryl/α,β-unsaturated/α-hetero) is 1. The molecule has 192 valence electrons. The molecule has 1 atom stereocenters. The summed E-state index contributed by atoms with van der Waals surface area (Å²) in [6.45, 7) is 1.64. The van der Waals surface area contributed by atoms with E-state index in [1.807, 2.05) is 30.3 Å². The molecule has 38 heavy (non-hydrogen) atoms. The predicted molar refractivity (Wildman–Crippen MR) is 138 cm³/mol. The van der Waals surface area contributed by atoms with Crippen LogP contribution in [0.25, 0.3) is 10.6 Å². The van der Waals surface area contributed by atoms with E-state index in [0.717, 1.165) is 33.9 Å². The molecule has 1 amide bonds. The Morgan fingerprint density at radius 2 is 1.76 bits per heavy atom. The Balaban J connectivity index is 1.66. The first-order chi connectivity index (χ1) is 18.2.